The third kappa shape index (κ3) is 7.09. The molecule has 4 aliphatic rings. The Balaban J connectivity index is 1.68. The first-order valence-corrected chi connectivity index (χ1v) is 18.1. The predicted molar refractivity (Wildman–Crippen MR) is 177 cm³/mol. The van der Waals surface area contributed by atoms with Crippen molar-refractivity contribution < 1.29 is 19.7 Å². The van der Waals surface area contributed by atoms with Crippen molar-refractivity contribution in [1.29, 1.82) is 0 Å². The van der Waals surface area contributed by atoms with Crippen LogP contribution in [0.5, 0.6) is 0 Å². The van der Waals surface area contributed by atoms with Crippen molar-refractivity contribution in [1.82, 2.24) is 4.90 Å². The molecule has 4 rings (SSSR count). The Kier molecular flexibility index (Phi) is 11.2. The molecule has 3 fully saturated rings. The zero-order valence-electron chi connectivity index (χ0n) is 29.5. The van der Waals surface area contributed by atoms with Gasteiger partial charge in [-0.3, -0.25) is 9.69 Å². The second-order valence-electron chi connectivity index (χ2n) is 16.7. The van der Waals surface area contributed by atoms with Crippen LogP contribution in [0.4, 0.5) is 0 Å². The Morgan fingerprint density at radius 2 is 1.53 bits per heavy atom. The summed E-state index contributed by atoms with van der Waals surface area (Å²) in [6, 6.07) is -0.123. The van der Waals surface area contributed by atoms with Crippen molar-refractivity contribution in [3.05, 3.63) is 11.1 Å². The molecule has 0 saturated heterocycles. The molecule has 2 N–H and O–H groups in total. The lowest BCUT2D eigenvalue weighted by atomic mass is 9.46. The Labute approximate surface area is 264 Å². The molecule has 5 heteroatoms. The van der Waals surface area contributed by atoms with E-state index in [1.807, 2.05) is 13.8 Å². The summed E-state index contributed by atoms with van der Waals surface area (Å²) >= 11 is 0. The molecule has 0 aromatic heterocycles. The van der Waals surface area contributed by atoms with E-state index in [9.17, 15) is 15.0 Å². The Hall–Kier alpha value is -0.910. The lowest BCUT2D eigenvalue weighted by Gasteiger charge is -2.60. The number of fused-ring (bicyclic) bond motifs is 5. The molecule has 5 nitrogen and oxygen atoms in total. The van der Waals surface area contributed by atoms with Gasteiger partial charge in [0.25, 0.3) is 0 Å². The molecule has 0 aromatic rings. The quantitative estimate of drug-likeness (QED) is 0.174. The van der Waals surface area contributed by atoms with Crippen LogP contribution in [0.3, 0.4) is 0 Å². The van der Waals surface area contributed by atoms with Crippen LogP contribution in [-0.2, 0) is 9.53 Å². The fourth-order valence-corrected chi connectivity index (χ4v) is 10.9. The number of esters is 1. The molecule has 3 saturated carbocycles. The van der Waals surface area contributed by atoms with Gasteiger partial charge in [-0.05, 0) is 119 Å². The standard InChI is InChI=1S/C38H67NO4/c1-23(2)12-11-13-24(3)33-14-15-34-32-20-30(22-39(25(4)27(6)40)26(5)28(7)41)36-21-31(43-29(8)42)16-18-38(36,10)35(32)17-19-37(33,34)9/h23-28,31-35,40-41H,11-22H2,1-10H3/t24-,25?,26?,27?,28?,31+,32+,33-,34+,35+,37-,38-/m1/s1. The van der Waals surface area contributed by atoms with Crippen LogP contribution in [0.15, 0.2) is 11.1 Å². The molecule has 0 aliphatic heterocycles. The number of rotatable bonds is 12. The second kappa shape index (κ2) is 13.8. The van der Waals surface area contributed by atoms with Gasteiger partial charge >= 0.3 is 5.97 Å². The van der Waals surface area contributed by atoms with Crippen molar-refractivity contribution >= 4 is 5.97 Å². The number of carbonyl (C=O) groups is 1. The minimum atomic E-state index is -0.486. The fraction of sp³-hybridized carbons (Fsp3) is 0.921. The molecule has 0 aromatic carbocycles. The van der Waals surface area contributed by atoms with Gasteiger partial charge in [-0.1, -0.05) is 65.0 Å². The highest BCUT2D eigenvalue weighted by molar-refractivity contribution is 5.66. The molecule has 43 heavy (non-hydrogen) atoms. The number of ether oxygens (including phenoxy) is 1. The van der Waals surface area contributed by atoms with Crippen LogP contribution in [0.25, 0.3) is 0 Å². The summed E-state index contributed by atoms with van der Waals surface area (Å²) in [6.07, 6.45) is 12.5. The smallest absolute Gasteiger partial charge is 0.302 e. The third-order valence-corrected chi connectivity index (χ3v) is 13.6. The van der Waals surface area contributed by atoms with E-state index >= 15 is 0 Å². The molecular weight excluding hydrogens is 534 g/mol. The van der Waals surface area contributed by atoms with E-state index in [1.165, 1.54) is 56.1 Å². The van der Waals surface area contributed by atoms with Gasteiger partial charge in [0.15, 0.2) is 0 Å². The predicted octanol–water partition coefficient (Wildman–Crippen LogP) is 8.17. The molecule has 0 bridgehead atoms. The molecule has 0 amide bonds. The van der Waals surface area contributed by atoms with Gasteiger partial charge in [-0.2, -0.15) is 0 Å². The van der Waals surface area contributed by atoms with Gasteiger partial charge in [0.1, 0.15) is 6.10 Å². The largest absolute Gasteiger partial charge is 0.462 e. The molecule has 4 aliphatic carbocycles. The van der Waals surface area contributed by atoms with Gasteiger partial charge in [0.05, 0.1) is 12.2 Å². The SMILES string of the molecule is CC(=O)O[C@H]1CC[C@@]2(C)C(=C(CN(C(C)C(C)O)C(C)C(C)O)C[C@H]3[C@@H]4CC[C@H]([C@H](C)CCCC(C)C)[C@@]4(C)CC[C@@H]32)C1. The first kappa shape index (κ1) is 35.0. The first-order chi connectivity index (χ1) is 20.1. The number of aliphatic hydroxyl groups is 2. The van der Waals surface area contributed by atoms with E-state index in [0.29, 0.717) is 17.3 Å². The lowest BCUT2D eigenvalue weighted by molar-refractivity contribution is -0.148. The Morgan fingerprint density at radius 3 is 2.12 bits per heavy atom. The molecule has 12 atom stereocenters. The van der Waals surface area contributed by atoms with E-state index < -0.39 is 12.2 Å². The van der Waals surface area contributed by atoms with Crippen LogP contribution in [-0.4, -0.2) is 58.0 Å². The van der Waals surface area contributed by atoms with Crippen LogP contribution >= 0.6 is 0 Å². The minimum absolute atomic E-state index is 0.0413. The summed E-state index contributed by atoms with van der Waals surface area (Å²) < 4.78 is 5.85. The van der Waals surface area contributed by atoms with E-state index in [2.05, 4.69) is 53.4 Å². The van der Waals surface area contributed by atoms with Crippen LogP contribution in [0, 0.1) is 46.3 Å². The third-order valence-electron chi connectivity index (χ3n) is 13.6. The monoisotopic (exact) mass is 602 g/mol. The molecular formula is C38H67NO4. The van der Waals surface area contributed by atoms with E-state index in [0.717, 1.165) is 55.9 Å². The van der Waals surface area contributed by atoms with E-state index in [4.69, 9.17) is 4.74 Å². The highest BCUT2D eigenvalue weighted by Crippen LogP contribution is 2.68. The molecule has 4 unspecified atom stereocenters. The maximum absolute atomic E-state index is 12.0. The zero-order valence-corrected chi connectivity index (χ0v) is 29.5. The highest BCUT2D eigenvalue weighted by atomic mass is 16.5. The average molecular weight is 602 g/mol. The van der Waals surface area contributed by atoms with Gasteiger partial charge in [0.2, 0.25) is 0 Å². The summed E-state index contributed by atoms with van der Waals surface area (Å²) in [4.78, 5) is 14.4. The second-order valence-corrected chi connectivity index (χ2v) is 16.7. The number of nitrogens with zero attached hydrogens (tertiary/aromatic N) is 1. The van der Waals surface area contributed by atoms with Gasteiger partial charge in [0, 0.05) is 32.0 Å². The van der Waals surface area contributed by atoms with Crippen molar-refractivity contribution in [2.45, 2.75) is 170 Å². The van der Waals surface area contributed by atoms with Crippen LogP contribution in [0.2, 0.25) is 0 Å². The van der Waals surface area contributed by atoms with Crippen molar-refractivity contribution in [3.8, 4) is 0 Å². The summed E-state index contributed by atoms with van der Waals surface area (Å²) in [7, 11) is 0. The first-order valence-electron chi connectivity index (χ1n) is 18.1. The number of carbonyl (C=O) groups excluding carboxylic acids is 1. The van der Waals surface area contributed by atoms with Crippen LogP contribution in [0.1, 0.15) is 140 Å². The zero-order chi connectivity index (χ0) is 31.9. The van der Waals surface area contributed by atoms with Gasteiger partial charge in [-0.25, -0.2) is 0 Å². The number of hydrogen-bond acceptors (Lipinski definition) is 5. The van der Waals surface area contributed by atoms with Gasteiger partial charge in [-0.15, -0.1) is 0 Å². The minimum Gasteiger partial charge on any atom is -0.462 e. The summed E-state index contributed by atoms with van der Waals surface area (Å²) in [5.74, 6) is 4.38. The average Bonchev–Trinajstić information content (AvgIpc) is 3.28. The van der Waals surface area contributed by atoms with Crippen molar-refractivity contribution in [2.24, 2.45) is 46.3 Å². The van der Waals surface area contributed by atoms with E-state index in [1.54, 1.807) is 6.92 Å². The molecule has 0 radical (unpaired) electrons. The molecule has 0 heterocycles. The fourth-order valence-electron chi connectivity index (χ4n) is 10.9. The summed E-state index contributed by atoms with van der Waals surface area (Å²) in [6.45, 7) is 22.7. The Morgan fingerprint density at radius 1 is 0.884 bits per heavy atom. The van der Waals surface area contributed by atoms with E-state index in [-0.39, 0.29) is 29.6 Å². The van der Waals surface area contributed by atoms with Gasteiger partial charge < -0.3 is 14.9 Å². The maximum atomic E-state index is 12.0. The topological polar surface area (TPSA) is 70.0 Å². The maximum Gasteiger partial charge on any atom is 0.302 e. The highest BCUT2D eigenvalue weighted by Gasteiger charge is 2.60. The summed E-state index contributed by atoms with van der Waals surface area (Å²) in [5, 5.41) is 21.4. The number of hydrogen-bond donors (Lipinski definition) is 2. The molecule has 248 valence electrons. The number of aliphatic hydroxyl groups excluding tert-OH is 2. The Bertz CT molecular complexity index is 974. The van der Waals surface area contributed by atoms with Crippen molar-refractivity contribution in [2.75, 3.05) is 6.54 Å². The van der Waals surface area contributed by atoms with Crippen molar-refractivity contribution in [3.63, 3.8) is 0 Å². The molecule has 0 spiro atoms. The van der Waals surface area contributed by atoms with Crippen LogP contribution < -0.4 is 0 Å². The lowest BCUT2D eigenvalue weighted by Crippen LogP contribution is -2.54. The normalized spacial score (nSPS) is 37.8. The summed E-state index contributed by atoms with van der Waals surface area (Å²) in [5.41, 5.74) is 3.60.